The summed E-state index contributed by atoms with van der Waals surface area (Å²) >= 11 is 0. The minimum Gasteiger partial charge on any atom is -0.409 e. The van der Waals surface area contributed by atoms with Gasteiger partial charge in [0.15, 0.2) is 5.84 Å². The van der Waals surface area contributed by atoms with Gasteiger partial charge in [-0.3, -0.25) is 4.21 Å². The Balaban J connectivity index is 3.41. The molecule has 2 atom stereocenters. The second-order valence-electron chi connectivity index (χ2n) is 2.87. The Bertz CT molecular complexity index is 196. The predicted molar refractivity (Wildman–Crippen MR) is 54.4 cm³/mol. The Morgan fingerprint density at radius 1 is 1.77 bits per heavy atom. The van der Waals surface area contributed by atoms with Crippen LogP contribution in [0.5, 0.6) is 0 Å². The molecule has 13 heavy (non-hydrogen) atoms. The highest BCUT2D eigenvalue weighted by atomic mass is 32.2. The lowest BCUT2D eigenvalue weighted by Gasteiger charge is -2.08. The van der Waals surface area contributed by atoms with Gasteiger partial charge < -0.3 is 16.3 Å². The first kappa shape index (κ1) is 12.4. The molecular weight excluding hydrogens is 190 g/mol. The van der Waals surface area contributed by atoms with Crippen molar-refractivity contribution in [2.75, 3.05) is 19.3 Å². The first-order valence-corrected chi connectivity index (χ1v) is 5.69. The first-order valence-electron chi connectivity index (χ1n) is 4.07. The molecule has 0 aromatic rings. The number of nitrogens with one attached hydrogen (secondary N) is 1. The average Bonchev–Trinajstić information content (AvgIpc) is 2.11. The molecule has 0 heterocycles. The van der Waals surface area contributed by atoms with Crippen LogP contribution < -0.4 is 11.1 Å². The van der Waals surface area contributed by atoms with Gasteiger partial charge in [-0.05, 0) is 13.0 Å². The second-order valence-corrected chi connectivity index (χ2v) is 4.67. The maximum absolute atomic E-state index is 10.9. The molecule has 4 N–H and O–H groups in total. The van der Waals surface area contributed by atoms with Gasteiger partial charge in [-0.25, -0.2) is 0 Å². The van der Waals surface area contributed by atoms with E-state index < -0.39 is 10.8 Å². The van der Waals surface area contributed by atoms with Gasteiger partial charge in [0, 0.05) is 22.3 Å². The molecule has 0 aliphatic heterocycles. The zero-order chi connectivity index (χ0) is 10.3. The van der Waals surface area contributed by atoms with Gasteiger partial charge in [-0.15, -0.1) is 0 Å². The molecule has 0 aliphatic carbocycles. The van der Waals surface area contributed by atoms with Crippen LogP contribution in [0, 0.1) is 0 Å². The van der Waals surface area contributed by atoms with Crippen LogP contribution in [0.2, 0.25) is 0 Å². The predicted octanol–water partition coefficient (Wildman–Crippen LogP) is -0.520. The van der Waals surface area contributed by atoms with Gasteiger partial charge in [0.1, 0.15) is 0 Å². The third-order valence-corrected chi connectivity index (χ3v) is 3.10. The summed E-state index contributed by atoms with van der Waals surface area (Å²) in [6, 6.07) is 0. The van der Waals surface area contributed by atoms with Crippen molar-refractivity contribution in [1.29, 1.82) is 0 Å². The van der Waals surface area contributed by atoms with Crippen LogP contribution in [0.1, 0.15) is 13.3 Å². The van der Waals surface area contributed by atoms with Crippen molar-refractivity contribution in [3.8, 4) is 0 Å². The van der Waals surface area contributed by atoms with E-state index in [2.05, 4.69) is 10.5 Å². The Labute approximate surface area is 80.8 Å². The Morgan fingerprint density at radius 3 is 2.85 bits per heavy atom. The highest BCUT2D eigenvalue weighted by Crippen LogP contribution is 1.96. The third-order valence-electron chi connectivity index (χ3n) is 1.73. The molecule has 0 saturated carbocycles. The quantitative estimate of drug-likeness (QED) is 0.180. The average molecular weight is 207 g/mol. The highest BCUT2D eigenvalue weighted by Gasteiger charge is 2.04. The van der Waals surface area contributed by atoms with Crippen molar-refractivity contribution in [1.82, 2.24) is 5.32 Å². The molecular formula is C7H17N3O2S. The molecule has 0 aromatic heterocycles. The topological polar surface area (TPSA) is 87.7 Å². The monoisotopic (exact) mass is 207 g/mol. The molecule has 0 rings (SSSR count). The third kappa shape index (κ3) is 6.53. The van der Waals surface area contributed by atoms with Crippen molar-refractivity contribution in [3.63, 3.8) is 0 Å². The van der Waals surface area contributed by atoms with Crippen LogP contribution in [-0.2, 0) is 10.8 Å². The van der Waals surface area contributed by atoms with Gasteiger partial charge >= 0.3 is 0 Å². The van der Waals surface area contributed by atoms with E-state index >= 15 is 0 Å². The van der Waals surface area contributed by atoms with Crippen molar-refractivity contribution in [2.24, 2.45) is 10.9 Å². The molecule has 0 aromatic carbocycles. The highest BCUT2D eigenvalue weighted by molar-refractivity contribution is 7.84. The molecule has 2 unspecified atom stereocenters. The van der Waals surface area contributed by atoms with E-state index in [1.807, 2.05) is 6.92 Å². The second kappa shape index (κ2) is 6.85. The minimum absolute atomic E-state index is 0.158. The van der Waals surface area contributed by atoms with Crippen LogP contribution in [0.4, 0.5) is 0 Å². The SMILES string of the molecule is CC(CCNCC(N)=NO)S(C)=O. The first-order chi connectivity index (χ1) is 6.07. The Kier molecular flexibility index (Phi) is 6.52. The molecule has 0 saturated heterocycles. The van der Waals surface area contributed by atoms with Gasteiger partial charge in [-0.2, -0.15) is 0 Å². The van der Waals surface area contributed by atoms with Crippen molar-refractivity contribution in [3.05, 3.63) is 0 Å². The van der Waals surface area contributed by atoms with Crippen LogP contribution in [-0.4, -0.2) is 39.8 Å². The minimum atomic E-state index is -0.777. The maximum atomic E-state index is 10.9. The van der Waals surface area contributed by atoms with E-state index in [0.717, 1.165) is 13.0 Å². The van der Waals surface area contributed by atoms with Crippen molar-refractivity contribution in [2.45, 2.75) is 18.6 Å². The molecule has 0 amide bonds. The van der Waals surface area contributed by atoms with E-state index in [9.17, 15) is 4.21 Å². The number of hydrogen-bond acceptors (Lipinski definition) is 4. The molecule has 78 valence electrons. The number of hydrogen-bond donors (Lipinski definition) is 3. The lowest BCUT2D eigenvalue weighted by molar-refractivity contribution is 0.317. The van der Waals surface area contributed by atoms with Crippen LogP contribution in [0.25, 0.3) is 0 Å². The summed E-state index contributed by atoms with van der Waals surface area (Å²) in [6.07, 6.45) is 2.51. The van der Waals surface area contributed by atoms with Crippen LogP contribution >= 0.6 is 0 Å². The van der Waals surface area contributed by atoms with Gasteiger partial charge in [0.2, 0.25) is 0 Å². The Morgan fingerprint density at radius 2 is 2.38 bits per heavy atom. The largest absolute Gasteiger partial charge is 0.409 e. The number of amidine groups is 1. The normalized spacial score (nSPS) is 16.9. The summed E-state index contributed by atoms with van der Waals surface area (Å²) < 4.78 is 10.9. The van der Waals surface area contributed by atoms with E-state index in [4.69, 9.17) is 10.9 Å². The summed E-state index contributed by atoms with van der Waals surface area (Å²) in [5.41, 5.74) is 5.23. The van der Waals surface area contributed by atoms with Crippen LogP contribution in [0.15, 0.2) is 5.16 Å². The summed E-state index contributed by atoms with van der Waals surface area (Å²) in [5, 5.41) is 14.2. The molecule has 0 fully saturated rings. The van der Waals surface area contributed by atoms with E-state index in [1.165, 1.54) is 0 Å². The van der Waals surface area contributed by atoms with E-state index in [-0.39, 0.29) is 11.1 Å². The standard InChI is InChI=1S/C7H17N3O2S/c1-6(13(2)12)3-4-9-5-7(8)10-11/h6,9,11H,3-5H2,1-2H3,(H2,8,10). The van der Waals surface area contributed by atoms with E-state index in [0.29, 0.717) is 6.54 Å². The Hall–Kier alpha value is -0.620. The van der Waals surface area contributed by atoms with Gasteiger partial charge in [0.25, 0.3) is 0 Å². The molecule has 0 aliphatic rings. The number of nitrogens with zero attached hydrogens (tertiary/aromatic N) is 1. The summed E-state index contributed by atoms with van der Waals surface area (Å²) in [4.78, 5) is 0. The number of nitrogens with two attached hydrogens (primary N) is 1. The summed E-state index contributed by atoms with van der Waals surface area (Å²) in [6.45, 7) is 3.01. The lowest BCUT2D eigenvalue weighted by Crippen LogP contribution is -2.31. The molecule has 0 bridgehead atoms. The summed E-state index contributed by atoms with van der Waals surface area (Å²) in [7, 11) is -0.777. The van der Waals surface area contributed by atoms with Gasteiger partial charge in [-0.1, -0.05) is 12.1 Å². The lowest BCUT2D eigenvalue weighted by atomic mass is 10.3. The zero-order valence-electron chi connectivity index (χ0n) is 7.99. The molecule has 0 spiro atoms. The van der Waals surface area contributed by atoms with Crippen LogP contribution in [0.3, 0.4) is 0 Å². The number of rotatable bonds is 6. The van der Waals surface area contributed by atoms with Crippen molar-refractivity contribution < 1.29 is 9.42 Å². The fourth-order valence-electron chi connectivity index (χ4n) is 0.723. The van der Waals surface area contributed by atoms with E-state index in [1.54, 1.807) is 6.26 Å². The fourth-order valence-corrected chi connectivity index (χ4v) is 1.17. The molecule has 5 nitrogen and oxygen atoms in total. The van der Waals surface area contributed by atoms with Crippen molar-refractivity contribution >= 4 is 16.6 Å². The smallest absolute Gasteiger partial charge is 0.153 e. The molecule has 0 radical (unpaired) electrons. The number of oxime groups is 1. The summed E-state index contributed by atoms with van der Waals surface area (Å²) in [5.74, 6) is 0.158. The molecule has 6 heteroatoms. The maximum Gasteiger partial charge on any atom is 0.153 e. The van der Waals surface area contributed by atoms with Gasteiger partial charge in [0.05, 0.1) is 6.54 Å². The fraction of sp³-hybridized carbons (Fsp3) is 0.857. The zero-order valence-corrected chi connectivity index (χ0v) is 8.80.